The Balaban J connectivity index is 2.63. The van der Waals surface area contributed by atoms with E-state index >= 15 is 0 Å². The van der Waals surface area contributed by atoms with E-state index in [-0.39, 0.29) is 12.0 Å². The van der Waals surface area contributed by atoms with Crippen LogP contribution in [-0.2, 0) is 14.3 Å². The molecule has 0 aromatic heterocycles. The van der Waals surface area contributed by atoms with E-state index in [0.29, 0.717) is 6.42 Å². The molecule has 5 heteroatoms. The summed E-state index contributed by atoms with van der Waals surface area (Å²) in [5.74, 6) is -0.200. The van der Waals surface area contributed by atoms with Crippen LogP contribution in [0.2, 0.25) is 0 Å². The van der Waals surface area contributed by atoms with Gasteiger partial charge in [0.15, 0.2) is 6.29 Å². The zero-order chi connectivity index (χ0) is 10.7. The Bertz CT molecular complexity index is 209. The van der Waals surface area contributed by atoms with Crippen LogP contribution in [0.1, 0.15) is 20.3 Å². The molecule has 0 saturated carbocycles. The molecule has 0 aromatic carbocycles. The highest BCUT2D eigenvalue weighted by Crippen LogP contribution is 2.20. The van der Waals surface area contributed by atoms with E-state index in [4.69, 9.17) is 9.47 Å². The maximum atomic E-state index is 10.9. The highest BCUT2D eigenvalue weighted by molar-refractivity contribution is 5.73. The summed E-state index contributed by atoms with van der Waals surface area (Å²) in [6, 6.07) is -0.478. The van der Waals surface area contributed by atoms with E-state index in [1.165, 1.54) is 14.0 Å². The van der Waals surface area contributed by atoms with Gasteiger partial charge in [0.1, 0.15) is 6.04 Å². The van der Waals surface area contributed by atoms with E-state index in [0.717, 1.165) is 0 Å². The predicted molar refractivity (Wildman–Crippen MR) is 49.6 cm³/mol. The van der Waals surface area contributed by atoms with E-state index in [2.05, 4.69) is 5.32 Å². The Hall–Kier alpha value is -0.650. The smallest absolute Gasteiger partial charge is 0.217 e. The van der Waals surface area contributed by atoms with Gasteiger partial charge in [-0.1, -0.05) is 0 Å². The second-order valence-corrected chi connectivity index (χ2v) is 3.58. The molecule has 1 heterocycles. The van der Waals surface area contributed by atoms with E-state index in [1.54, 1.807) is 0 Å². The van der Waals surface area contributed by atoms with Gasteiger partial charge in [-0.3, -0.25) is 4.79 Å². The van der Waals surface area contributed by atoms with Crippen molar-refractivity contribution in [1.29, 1.82) is 0 Å². The van der Waals surface area contributed by atoms with Gasteiger partial charge < -0.3 is 19.9 Å². The second-order valence-electron chi connectivity index (χ2n) is 3.58. The average molecular weight is 203 g/mol. The first-order chi connectivity index (χ1) is 6.54. The van der Waals surface area contributed by atoms with Gasteiger partial charge in [0.2, 0.25) is 5.91 Å². The van der Waals surface area contributed by atoms with Crippen molar-refractivity contribution < 1.29 is 19.4 Å². The Morgan fingerprint density at radius 3 is 2.79 bits per heavy atom. The SMILES string of the molecule is CO[C@@H]1O[C@H](C)C[C@H](O)[C@@H]1NC(C)=O. The molecule has 1 amide bonds. The summed E-state index contributed by atoms with van der Waals surface area (Å²) < 4.78 is 10.5. The lowest BCUT2D eigenvalue weighted by atomic mass is 10.0. The number of hydrogen-bond donors (Lipinski definition) is 2. The molecule has 0 aliphatic carbocycles. The predicted octanol–water partition coefficient (Wildman–Crippen LogP) is -0.367. The molecule has 5 nitrogen and oxygen atoms in total. The van der Waals surface area contributed by atoms with Crippen molar-refractivity contribution in [3.8, 4) is 0 Å². The molecular formula is C9H17NO4. The van der Waals surface area contributed by atoms with Crippen molar-refractivity contribution >= 4 is 5.91 Å². The van der Waals surface area contributed by atoms with Crippen molar-refractivity contribution in [2.24, 2.45) is 0 Å². The maximum absolute atomic E-state index is 10.9. The number of hydrogen-bond acceptors (Lipinski definition) is 4. The summed E-state index contributed by atoms with van der Waals surface area (Å²) in [4.78, 5) is 10.9. The van der Waals surface area contributed by atoms with Gasteiger partial charge in [-0.25, -0.2) is 0 Å². The average Bonchev–Trinajstić information content (AvgIpc) is 2.08. The summed E-state index contributed by atoms with van der Waals surface area (Å²) in [5, 5.41) is 12.3. The molecule has 0 radical (unpaired) electrons. The summed E-state index contributed by atoms with van der Waals surface area (Å²) >= 11 is 0. The van der Waals surface area contributed by atoms with Crippen LogP contribution in [0.3, 0.4) is 0 Å². The third-order valence-electron chi connectivity index (χ3n) is 2.25. The molecule has 0 spiro atoms. The summed E-state index contributed by atoms with van der Waals surface area (Å²) in [5.41, 5.74) is 0. The van der Waals surface area contributed by atoms with Crippen molar-refractivity contribution in [3.05, 3.63) is 0 Å². The number of aliphatic hydroxyl groups is 1. The molecule has 0 aromatic rings. The van der Waals surface area contributed by atoms with Gasteiger partial charge in [0.25, 0.3) is 0 Å². The van der Waals surface area contributed by atoms with Crippen LogP contribution in [0.25, 0.3) is 0 Å². The van der Waals surface area contributed by atoms with Gasteiger partial charge >= 0.3 is 0 Å². The van der Waals surface area contributed by atoms with Crippen LogP contribution in [0, 0.1) is 0 Å². The Morgan fingerprint density at radius 1 is 1.64 bits per heavy atom. The summed E-state index contributed by atoms with van der Waals surface area (Å²) in [6.07, 6.45) is -0.740. The van der Waals surface area contributed by atoms with E-state index in [9.17, 15) is 9.90 Å². The molecule has 82 valence electrons. The number of ether oxygens (including phenoxy) is 2. The van der Waals surface area contributed by atoms with Crippen LogP contribution in [0.5, 0.6) is 0 Å². The number of amides is 1. The zero-order valence-corrected chi connectivity index (χ0v) is 8.69. The van der Waals surface area contributed by atoms with Crippen LogP contribution in [0.15, 0.2) is 0 Å². The van der Waals surface area contributed by atoms with Gasteiger partial charge in [0, 0.05) is 20.5 Å². The summed E-state index contributed by atoms with van der Waals surface area (Å²) in [6.45, 7) is 3.26. The van der Waals surface area contributed by atoms with Crippen molar-refractivity contribution in [2.75, 3.05) is 7.11 Å². The van der Waals surface area contributed by atoms with E-state index < -0.39 is 18.4 Å². The quantitative estimate of drug-likeness (QED) is 0.642. The molecule has 1 aliphatic rings. The maximum Gasteiger partial charge on any atom is 0.217 e. The number of aliphatic hydroxyl groups excluding tert-OH is 1. The number of carbonyl (C=O) groups excluding carboxylic acids is 1. The first-order valence-corrected chi connectivity index (χ1v) is 4.68. The van der Waals surface area contributed by atoms with Gasteiger partial charge in [0.05, 0.1) is 12.2 Å². The lowest BCUT2D eigenvalue weighted by Gasteiger charge is -2.37. The molecule has 1 aliphatic heterocycles. The molecule has 1 rings (SSSR count). The van der Waals surface area contributed by atoms with Crippen LogP contribution in [-0.4, -0.2) is 42.7 Å². The Kier molecular flexibility index (Phi) is 3.86. The lowest BCUT2D eigenvalue weighted by molar-refractivity contribution is -0.216. The fraction of sp³-hybridized carbons (Fsp3) is 0.889. The monoisotopic (exact) mass is 203 g/mol. The largest absolute Gasteiger partial charge is 0.391 e. The highest BCUT2D eigenvalue weighted by Gasteiger charge is 2.36. The molecule has 0 bridgehead atoms. The number of methoxy groups -OCH3 is 1. The molecule has 1 fully saturated rings. The zero-order valence-electron chi connectivity index (χ0n) is 8.69. The van der Waals surface area contributed by atoms with Crippen LogP contribution >= 0.6 is 0 Å². The molecule has 14 heavy (non-hydrogen) atoms. The van der Waals surface area contributed by atoms with Gasteiger partial charge in [-0.05, 0) is 6.92 Å². The van der Waals surface area contributed by atoms with Crippen molar-refractivity contribution in [3.63, 3.8) is 0 Å². The van der Waals surface area contributed by atoms with Gasteiger partial charge in [-0.15, -0.1) is 0 Å². The number of carbonyl (C=O) groups is 1. The van der Waals surface area contributed by atoms with Crippen molar-refractivity contribution in [1.82, 2.24) is 5.32 Å². The summed E-state index contributed by atoms with van der Waals surface area (Å²) in [7, 11) is 1.49. The lowest BCUT2D eigenvalue weighted by Crippen LogP contribution is -2.56. The molecule has 0 unspecified atom stereocenters. The van der Waals surface area contributed by atoms with Gasteiger partial charge in [-0.2, -0.15) is 0 Å². The third-order valence-corrected chi connectivity index (χ3v) is 2.25. The van der Waals surface area contributed by atoms with Crippen LogP contribution in [0.4, 0.5) is 0 Å². The minimum Gasteiger partial charge on any atom is -0.391 e. The fourth-order valence-corrected chi connectivity index (χ4v) is 1.64. The Labute approximate surface area is 83.4 Å². The molecular weight excluding hydrogens is 186 g/mol. The Morgan fingerprint density at radius 2 is 2.29 bits per heavy atom. The normalized spacial score (nSPS) is 38.0. The minimum absolute atomic E-state index is 0.0556. The van der Waals surface area contributed by atoms with Crippen LogP contribution < -0.4 is 5.32 Å². The second kappa shape index (κ2) is 4.72. The third kappa shape index (κ3) is 2.67. The minimum atomic E-state index is -0.618. The first kappa shape index (κ1) is 11.4. The molecule has 2 N–H and O–H groups in total. The molecule has 1 saturated heterocycles. The number of rotatable bonds is 2. The van der Waals surface area contributed by atoms with Crippen molar-refractivity contribution in [2.45, 2.75) is 44.8 Å². The number of nitrogens with one attached hydrogen (secondary N) is 1. The fourth-order valence-electron chi connectivity index (χ4n) is 1.64. The van der Waals surface area contributed by atoms with E-state index in [1.807, 2.05) is 6.92 Å². The first-order valence-electron chi connectivity index (χ1n) is 4.68. The highest BCUT2D eigenvalue weighted by atomic mass is 16.7. The molecule has 4 atom stereocenters. The topological polar surface area (TPSA) is 67.8 Å². The standard InChI is InChI=1S/C9H17NO4/c1-5-4-7(12)8(10-6(2)11)9(13-3)14-5/h5,7-9,12H,4H2,1-3H3,(H,10,11)/t5-,7+,8+,9-/m1/s1.